The molecule has 1 saturated carbocycles. The van der Waals surface area contributed by atoms with Gasteiger partial charge in [0, 0.05) is 17.3 Å². The fraction of sp³-hybridized carbons (Fsp3) is 0.167. The van der Waals surface area contributed by atoms with E-state index in [9.17, 15) is 14.4 Å². The monoisotopic (exact) mass is 389 g/mol. The van der Waals surface area contributed by atoms with Crippen LogP contribution in [0.5, 0.6) is 0 Å². The topological polar surface area (TPSA) is 92.5 Å². The van der Waals surface area contributed by atoms with Crippen molar-refractivity contribution in [2.75, 3.05) is 11.1 Å². The molecule has 3 N–H and O–H groups in total. The predicted molar refractivity (Wildman–Crippen MR) is 98.8 cm³/mol. The molecule has 0 unspecified atom stereocenters. The minimum atomic E-state index is -0.449. The first-order valence-electron chi connectivity index (χ1n) is 7.94. The Morgan fingerprint density at radius 1 is 1.04 bits per heavy atom. The number of fused-ring (bicyclic) bond motifs is 1. The number of anilines is 2. The summed E-state index contributed by atoms with van der Waals surface area (Å²) >= 11 is 11.9. The van der Waals surface area contributed by atoms with Gasteiger partial charge >= 0.3 is 0 Å². The Balaban J connectivity index is 1.61. The van der Waals surface area contributed by atoms with Crippen LogP contribution in [-0.4, -0.2) is 28.7 Å². The first-order chi connectivity index (χ1) is 12.4. The number of benzene rings is 2. The minimum absolute atomic E-state index is 0.0151. The molecule has 1 fully saturated rings. The van der Waals surface area contributed by atoms with Crippen molar-refractivity contribution in [1.82, 2.24) is 4.90 Å². The molecular weight excluding hydrogens is 377 g/mol. The van der Waals surface area contributed by atoms with Crippen LogP contribution in [-0.2, 0) is 0 Å². The molecule has 4 rings (SSSR count). The van der Waals surface area contributed by atoms with Gasteiger partial charge in [-0.2, -0.15) is 0 Å². The van der Waals surface area contributed by atoms with E-state index < -0.39 is 5.91 Å². The molecule has 8 heteroatoms. The third-order valence-corrected chi connectivity index (χ3v) is 5.05. The molecule has 2 aromatic carbocycles. The number of carbonyl (C=O) groups excluding carboxylic acids is 3. The summed E-state index contributed by atoms with van der Waals surface area (Å²) < 4.78 is 0. The molecule has 0 spiro atoms. The molecule has 132 valence electrons. The Bertz CT molecular complexity index is 963. The maximum atomic E-state index is 12.5. The van der Waals surface area contributed by atoms with E-state index >= 15 is 0 Å². The van der Waals surface area contributed by atoms with Gasteiger partial charge in [0.25, 0.3) is 17.7 Å². The maximum Gasteiger partial charge on any atom is 0.261 e. The Morgan fingerprint density at radius 3 is 2.27 bits per heavy atom. The Hall–Kier alpha value is -2.57. The van der Waals surface area contributed by atoms with E-state index in [4.69, 9.17) is 28.9 Å². The van der Waals surface area contributed by atoms with Crippen LogP contribution in [0.25, 0.3) is 0 Å². The lowest BCUT2D eigenvalue weighted by atomic mass is 10.1. The van der Waals surface area contributed by atoms with Crippen LogP contribution in [0.1, 0.15) is 43.9 Å². The molecule has 3 amide bonds. The van der Waals surface area contributed by atoms with Gasteiger partial charge in [-0.05, 0) is 43.2 Å². The summed E-state index contributed by atoms with van der Waals surface area (Å²) in [6, 6.07) is 7.41. The van der Waals surface area contributed by atoms with Gasteiger partial charge < -0.3 is 11.1 Å². The van der Waals surface area contributed by atoms with Gasteiger partial charge in [0.1, 0.15) is 0 Å². The molecule has 0 bridgehead atoms. The Kier molecular flexibility index (Phi) is 3.89. The van der Waals surface area contributed by atoms with E-state index in [1.807, 2.05) is 0 Å². The lowest BCUT2D eigenvalue weighted by Gasteiger charge is -2.11. The Labute approximate surface area is 158 Å². The zero-order chi connectivity index (χ0) is 18.6. The molecule has 1 heterocycles. The first kappa shape index (κ1) is 16.9. The molecule has 26 heavy (non-hydrogen) atoms. The number of carbonyl (C=O) groups is 3. The number of nitrogens with two attached hydrogens (primary N) is 1. The lowest BCUT2D eigenvalue weighted by molar-refractivity contribution is 0.0642. The molecule has 2 aromatic rings. The van der Waals surface area contributed by atoms with E-state index in [0.29, 0.717) is 11.3 Å². The van der Waals surface area contributed by atoms with Crippen LogP contribution in [0.15, 0.2) is 30.3 Å². The van der Waals surface area contributed by atoms with Gasteiger partial charge in [-0.15, -0.1) is 0 Å². The zero-order valence-corrected chi connectivity index (χ0v) is 14.9. The van der Waals surface area contributed by atoms with E-state index in [0.717, 1.165) is 12.8 Å². The number of nitrogen functional groups attached to an aromatic ring is 1. The van der Waals surface area contributed by atoms with Gasteiger partial charge in [0.05, 0.1) is 26.9 Å². The van der Waals surface area contributed by atoms with Gasteiger partial charge in [-0.1, -0.05) is 23.2 Å². The normalized spacial score (nSPS) is 16.0. The average molecular weight is 390 g/mol. The van der Waals surface area contributed by atoms with Gasteiger partial charge in [0.15, 0.2) is 0 Å². The van der Waals surface area contributed by atoms with Crippen molar-refractivity contribution in [1.29, 1.82) is 0 Å². The molecule has 6 nitrogen and oxygen atoms in total. The summed E-state index contributed by atoms with van der Waals surface area (Å²) in [4.78, 5) is 38.6. The number of amides is 3. The summed E-state index contributed by atoms with van der Waals surface area (Å²) in [7, 11) is 0. The van der Waals surface area contributed by atoms with Gasteiger partial charge in [-0.3, -0.25) is 19.3 Å². The van der Waals surface area contributed by atoms with Crippen LogP contribution >= 0.6 is 23.2 Å². The van der Waals surface area contributed by atoms with Crippen LogP contribution in [0.2, 0.25) is 10.0 Å². The van der Waals surface area contributed by atoms with E-state index in [1.165, 1.54) is 35.2 Å². The largest absolute Gasteiger partial charge is 0.396 e. The number of imide groups is 1. The number of hydrogen-bond acceptors (Lipinski definition) is 4. The van der Waals surface area contributed by atoms with Crippen LogP contribution in [0.4, 0.5) is 11.4 Å². The summed E-state index contributed by atoms with van der Waals surface area (Å²) in [5.41, 5.74) is 7.12. The van der Waals surface area contributed by atoms with Crippen molar-refractivity contribution >= 4 is 52.3 Å². The van der Waals surface area contributed by atoms with E-state index in [1.54, 1.807) is 0 Å². The van der Waals surface area contributed by atoms with Gasteiger partial charge in [0.2, 0.25) is 0 Å². The van der Waals surface area contributed by atoms with Crippen LogP contribution < -0.4 is 11.1 Å². The molecule has 0 radical (unpaired) electrons. The number of nitrogens with one attached hydrogen (secondary N) is 1. The number of halogens is 2. The predicted octanol–water partition coefficient (Wildman–Crippen LogP) is 3.59. The molecule has 0 atom stereocenters. The van der Waals surface area contributed by atoms with Crippen LogP contribution in [0, 0.1) is 0 Å². The highest BCUT2D eigenvalue weighted by Gasteiger charge is 2.44. The van der Waals surface area contributed by atoms with E-state index in [2.05, 4.69) is 5.32 Å². The fourth-order valence-corrected chi connectivity index (χ4v) is 3.41. The van der Waals surface area contributed by atoms with E-state index in [-0.39, 0.29) is 44.7 Å². The maximum absolute atomic E-state index is 12.5. The lowest BCUT2D eigenvalue weighted by Crippen LogP contribution is -2.31. The summed E-state index contributed by atoms with van der Waals surface area (Å²) in [6.45, 7) is 0. The van der Waals surface area contributed by atoms with Crippen molar-refractivity contribution in [3.63, 3.8) is 0 Å². The van der Waals surface area contributed by atoms with Crippen molar-refractivity contribution < 1.29 is 14.4 Å². The molecule has 0 saturated heterocycles. The Morgan fingerprint density at radius 2 is 1.65 bits per heavy atom. The molecule has 1 aliphatic carbocycles. The highest BCUT2D eigenvalue weighted by atomic mass is 35.5. The molecule has 1 aliphatic heterocycles. The third-order valence-electron chi connectivity index (χ3n) is 4.43. The average Bonchev–Trinajstić information content (AvgIpc) is 3.40. The van der Waals surface area contributed by atoms with Crippen molar-refractivity contribution in [2.24, 2.45) is 0 Å². The standard InChI is InChI=1S/C18H13Cl2N3O3/c19-13-6-9(7-14(20)15(13)21)22-16(24)8-1-4-11-12(5-8)18(26)23(17(11)25)10-2-3-10/h1,4-7,10H,2-3,21H2,(H,22,24). The zero-order valence-electron chi connectivity index (χ0n) is 13.4. The second-order valence-corrected chi connectivity index (χ2v) is 7.09. The number of nitrogens with zero attached hydrogens (tertiary/aromatic N) is 1. The summed E-state index contributed by atoms with van der Waals surface area (Å²) in [5.74, 6) is -1.09. The summed E-state index contributed by atoms with van der Waals surface area (Å²) in [5, 5.41) is 3.11. The minimum Gasteiger partial charge on any atom is -0.396 e. The van der Waals surface area contributed by atoms with Crippen molar-refractivity contribution in [2.45, 2.75) is 18.9 Å². The third kappa shape index (κ3) is 2.71. The molecule has 0 aromatic heterocycles. The number of rotatable bonds is 3. The quantitative estimate of drug-likeness (QED) is 0.619. The molecule has 2 aliphatic rings. The van der Waals surface area contributed by atoms with Gasteiger partial charge in [-0.25, -0.2) is 0 Å². The van der Waals surface area contributed by atoms with Crippen LogP contribution in [0.3, 0.4) is 0 Å². The van der Waals surface area contributed by atoms with Crippen molar-refractivity contribution in [3.8, 4) is 0 Å². The highest BCUT2D eigenvalue weighted by molar-refractivity contribution is 6.39. The number of hydrogen-bond donors (Lipinski definition) is 2. The molecular formula is C18H13Cl2N3O3. The fourth-order valence-electron chi connectivity index (χ4n) is 2.92. The SMILES string of the molecule is Nc1c(Cl)cc(NC(=O)c2ccc3c(c2)C(=O)N(C2CC2)C3=O)cc1Cl. The second-order valence-electron chi connectivity index (χ2n) is 6.28. The second kappa shape index (κ2) is 6.00. The van der Waals surface area contributed by atoms with Crippen molar-refractivity contribution in [3.05, 3.63) is 57.1 Å². The summed E-state index contributed by atoms with van der Waals surface area (Å²) in [6.07, 6.45) is 1.66. The smallest absolute Gasteiger partial charge is 0.261 e. The highest BCUT2D eigenvalue weighted by Crippen LogP contribution is 2.35. The first-order valence-corrected chi connectivity index (χ1v) is 8.70.